The number of hydrogen-bond acceptors (Lipinski definition) is 6. The van der Waals surface area contributed by atoms with Gasteiger partial charge in [-0.25, -0.2) is 4.90 Å². The molecule has 6 nitrogen and oxygen atoms in total. The minimum Gasteiger partial charge on any atom is -0.490 e. The predicted molar refractivity (Wildman–Crippen MR) is 133 cm³/mol. The molecule has 0 saturated carbocycles. The van der Waals surface area contributed by atoms with Crippen molar-refractivity contribution in [2.24, 2.45) is 0 Å². The molecule has 1 saturated heterocycles. The molecular formula is C26H21ClN2O4S. The van der Waals surface area contributed by atoms with Crippen LogP contribution < -0.4 is 14.4 Å². The quantitative estimate of drug-likeness (QED) is 0.383. The second-order valence-corrected chi connectivity index (χ2v) is 9.09. The SMILES string of the molecule is CCOc1cc(C[C@H]2SC(=O)N(c3cccc(Cl)c3)C2=O)ccc1OCc1ccccc1C#N. The van der Waals surface area contributed by atoms with E-state index in [0.717, 1.165) is 22.9 Å². The van der Waals surface area contributed by atoms with Crippen LogP contribution in [0.2, 0.25) is 5.02 Å². The molecule has 1 heterocycles. The Kier molecular flexibility index (Phi) is 7.41. The van der Waals surface area contributed by atoms with Gasteiger partial charge in [0.05, 0.1) is 29.2 Å². The van der Waals surface area contributed by atoms with Crippen molar-refractivity contribution in [2.45, 2.75) is 25.2 Å². The van der Waals surface area contributed by atoms with Crippen molar-refractivity contribution in [1.29, 1.82) is 5.26 Å². The molecule has 2 amide bonds. The third-order valence-corrected chi connectivity index (χ3v) is 6.51. The summed E-state index contributed by atoms with van der Waals surface area (Å²) in [5, 5.41) is 8.87. The van der Waals surface area contributed by atoms with Crippen LogP contribution >= 0.6 is 23.4 Å². The lowest BCUT2D eigenvalue weighted by Gasteiger charge is -2.16. The summed E-state index contributed by atoms with van der Waals surface area (Å²) in [7, 11) is 0. The smallest absolute Gasteiger partial charge is 0.293 e. The molecule has 3 aromatic rings. The monoisotopic (exact) mass is 492 g/mol. The number of carbonyl (C=O) groups excluding carboxylic acids is 2. The van der Waals surface area contributed by atoms with Gasteiger partial charge in [0, 0.05) is 10.6 Å². The van der Waals surface area contributed by atoms with E-state index in [1.165, 1.54) is 4.90 Å². The number of nitrogens with zero attached hydrogens (tertiary/aromatic N) is 2. The minimum atomic E-state index is -0.546. The Morgan fingerprint density at radius 1 is 1.03 bits per heavy atom. The van der Waals surface area contributed by atoms with Gasteiger partial charge >= 0.3 is 0 Å². The van der Waals surface area contributed by atoms with Crippen LogP contribution in [0.4, 0.5) is 10.5 Å². The molecule has 0 spiro atoms. The summed E-state index contributed by atoms with van der Waals surface area (Å²) in [6, 6.07) is 21.6. The van der Waals surface area contributed by atoms with Crippen molar-refractivity contribution in [2.75, 3.05) is 11.5 Å². The van der Waals surface area contributed by atoms with Crippen molar-refractivity contribution < 1.29 is 19.1 Å². The molecule has 0 bridgehead atoms. The summed E-state index contributed by atoms with van der Waals surface area (Å²) in [5.74, 6) is 0.812. The van der Waals surface area contributed by atoms with Crippen LogP contribution in [0.3, 0.4) is 0 Å². The van der Waals surface area contributed by atoms with Gasteiger partial charge < -0.3 is 9.47 Å². The molecule has 0 aliphatic carbocycles. The largest absolute Gasteiger partial charge is 0.490 e. The van der Waals surface area contributed by atoms with Gasteiger partial charge in [0.1, 0.15) is 6.61 Å². The fraction of sp³-hybridized carbons (Fsp3) is 0.192. The highest BCUT2D eigenvalue weighted by molar-refractivity contribution is 8.15. The lowest BCUT2D eigenvalue weighted by Crippen LogP contribution is -2.32. The number of hydrogen-bond donors (Lipinski definition) is 0. The standard InChI is InChI=1S/C26H21ClN2O4S/c1-2-32-23-12-17(10-11-22(23)33-16-19-7-4-3-6-18(19)15-28)13-24-25(30)29(26(31)34-24)21-9-5-8-20(27)14-21/h3-12,14,24H,2,13,16H2,1H3/t24-/m1/s1. The van der Waals surface area contributed by atoms with Gasteiger partial charge in [0.25, 0.3) is 5.24 Å². The summed E-state index contributed by atoms with van der Waals surface area (Å²) in [6.07, 6.45) is 0.365. The van der Waals surface area contributed by atoms with Gasteiger partial charge in [-0.3, -0.25) is 9.59 Å². The summed E-state index contributed by atoms with van der Waals surface area (Å²) in [4.78, 5) is 26.7. The Morgan fingerprint density at radius 2 is 1.85 bits per heavy atom. The Morgan fingerprint density at radius 3 is 2.62 bits per heavy atom. The van der Waals surface area contributed by atoms with Crippen molar-refractivity contribution >= 4 is 40.2 Å². The fourth-order valence-corrected chi connectivity index (χ4v) is 4.84. The first-order valence-corrected chi connectivity index (χ1v) is 11.9. The molecule has 1 aliphatic rings. The number of halogens is 1. The molecule has 172 valence electrons. The average molecular weight is 493 g/mol. The first kappa shape index (κ1) is 23.7. The summed E-state index contributed by atoms with van der Waals surface area (Å²) < 4.78 is 11.7. The number of nitriles is 1. The maximum absolute atomic E-state index is 13.0. The number of imide groups is 1. The number of carbonyl (C=O) groups is 2. The van der Waals surface area contributed by atoms with E-state index < -0.39 is 5.25 Å². The second kappa shape index (κ2) is 10.6. The van der Waals surface area contributed by atoms with E-state index in [4.69, 9.17) is 21.1 Å². The van der Waals surface area contributed by atoms with Crippen molar-refractivity contribution in [1.82, 2.24) is 0 Å². The molecule has 0 N–H and O–H groups in total. The van der Waals surface area contributed by atoms with E-state index in [1.807, 2.05) is 37.3 Å². The summed E-state index contributed by atoms with van der Waals surface area (Å²) in [5.41, 5.74) is 2.65. The van der Waals surface area contributed by atoms with Crippen LogP contribution in [0.1, 0.15) is 23.6 Å². The molecule has 1 aliphatic heterocycles. The highest BCUT2D eigenvalue weighted by atomic mass is 35.5. The zero-order valence-corrected chi connectivity index (χ0v) is 19.9. The van der Waals surface area contributed by atoms with E-state index >= 15 is 0 Å². The Labute approximate surface area is 207 Å². The van der Waals surface area contributed by atoms with Crippen LogP contribution in [0.5, 0.6) is 11.5 Å². The van der Waals surface area contributed by atoms with Crippen molar-refractivity contribution in [3.63, 3.8) is 0 Å². The maximum Gasteiger partial charge on any atom is 0.293 e. The lowest BCUT2D eigenvalue weighted by atomic mass is 10.1. The van der Waals surface area contributed by atoms with Crippen LogP contribution in [0, 0.1) is 11.3 Å². The highest BCUT2D eigenvalue weighted by Crippen LogP contribution is 2.36. The predicted octanol–water partition coefficient (Wildman–Crippen LogP) is 6.00. The van der Waals surface area contributed by atoms with Crippen LogP contribution in [-0.4, -0.2) is 23.0 Å². The third kappa shape index (κ3) is 5.19. The average Bonchev–Trinajstić information content (AvgIpc) is 3.11. The molecule has 1 fully saturated rings. The second-order valence-electron chi connectivity index (χ2n) is 7.50. The molecule has 34 heavy (non-hydrogen) atoms. The number of ether oxygens (including phenoxy) is 2. The topological polar surface area (TPSA) is 79.6 Å². The Hall–Kier alpha value is -3.47. The van der Waals surface area contributed by atoms with E-state index in [9.17, 15) is 14.9 Å². The highest BCUT2D eigenvalue weighted by Gasteiger charge is 2.40. The van der Waals surface area contributed by atoms with Gasteiger partial charge in [-0.2, -0.15) is 5.26 Å². The first-order valence-electron chi connectivity index (χ1n) is 10.7. The lowest BCUT2D eigenvalue weighted by molar-refractivity contribution is -0.117. The molecular weight excluding hydrogens is 472 g/mol. The molecule has 3 aromatic carbocycles. The summed E-state index contributed by atoms with van der Waals surface area (Å²) >= 11 is 7.03. The van der Waals surface area contributed by atoms with E-state index in [1.54, 1.807) is 36.4 Å². The normalized spacial score (nSPS) is 15.3. The van der Waals surface area contributed by atoms with Crippen LogP contribution in [0.15, 0.2) is 66.7 Å². The number of rotatable bonds is 8. The van der Waals surface area contributed by atoms with Crippen molar-refractivity contribution in [3.8, 4) is 17.6 Å². The molecule has 1 atom stereocenters. The molecule has 8 heteroatoms. The Balaban J connectivity index is 1.49. The molecule has 0 aromatic heterocycles. The zero-order valence-electron chi connectivity index (χ0n) is 18.4. The minimum absolute atomic E-state index is 0.225. The molecule has 4 rings (SSSR count). The first-order chi connectivity index (χ1) is 16.5. The van der Waals surface area contributed by atoms with Gasteiger partial charge in [0.2, 0.25) is 5.91 Å². The van der Waals surface area contributed by atoms with Crippen LogP contribution in [-0.2, 0) is 17.8 Å². The van der Waals surface area contributed by atoms with Gasteiger partial charge in [-0.1, -0.05) is 53.7 Å². The van der Waals surface area contributed by atoms with Crippen LogP contribution in [0.25, 0.3) is 0 Å². The molecule has 0 radical (unpaired) electrons. The van der Waals surface area contributed by atoms with Gasteiger partial charge in [-0.05, 0) is 55.3 Å². The number of anilines is 1. The molecule has 0 unspecified atom stereocenters. The van der Waals surface area contributed by atoms with Gasteiger partial charge in [-0.15, -0.1) is 0 Å². The number of benzene rings is 3. The van der Waals surface area contributed by atoms with E-state index in [0.29, 0.717) is 40.8 Å². The van der Waals surface area contributed by atoms with E-state index in [-0.39, 0.29) is 17.8 Å². The van der Waals surface area contributed by atoms with Crippen molar-refractivity contribution in [3.05, 3.63) is 88.4 Å². The summed E-state index contributed by atoms with van der Waals surface area (Å²) in [6.45, 7) is 2.54. The van der Waals surface area contributed by atoms with Gasteiger partial charge in [0.15, 0.2) is 11.5 Å². The number of amides is 2. The number of thioether (sulfide) groups is 1. The third-order valence-electron chi connectivity index (χ3n) is 5.24. The zero-order chi connectivity index (χ0) is 24.1. The fourth-order valence-electron chi connectivity index (χ4n) is 3.63. The maximum atomic E-state index is 13.0. The van der Waals surface area contributed by atoms with E-state index in [2.05, 4.69) is 6.07 Å². The Bertz CT molecular complexity index is 1270.